The lowest BCUT2D eigenvalue weighted by Crippen LogP contribution is -1.99. The number of hydrogen-bond donors (Lipinski definition) is 0. The molecule has 0 bridgehead atoms. The summed E-state index contributed by atoms with van der Waals surface area (Å²) in [4.78, 5) is 0. The van der Waals surface area contributed by atoms with E-state index in [1.807, 2.05) is 0 Å². The quantitative estimate of drug-likeness (QED) is 0.576. The maximum Gasteiger partial charge on any atom is 0.156 e. The molecule has 0 spiro atoms. The zero-order valence-corrected chi connectivity index (χ0v) is 13.4. The Kier molecular flexibility index (Phi) is 7.77. The highest BCUT2D eigenvalue weighted by Gasteiger charge is 2.10. The van der Waals surface area contributed by atoms with Crippen LogP contribution in [0.3, 0.4) is 0 Å². The van der Waals surface area contributed by atoms with Gasteiger partial charge in [-0.1, -0.05) is 59.7 Å². The predicted molar refractivity (Wildman–Crippen MR) is 82.1 cm³/mol. The van der Waals surface area contributed by atoms with Gasteiger partial charge in [-0.3, -0.25) is 0 Å². The first-order valence-corrected chi connectivity index (χ1v) is 7.31. The van der Waals surface area contributed by atoms with Crippen molar-refractivity contribution in [3.05, 3.63) is 32.7 Å². The molecule has 0 amide bonds. The van der Waals surface area contributed by atoms with Crippen molar-refractivity contribution in [2.45, 2.75) is 19.8 Å². The van der Waals surface area contributed by atoms with Gasteiger partial charge in [0.25, 0.3) is 0 Å². The Bertz CT molecular complexity index is 419. The van der Waals surface area contributed by atoms with Gasteiger partial charge < -0.3 is 9.47 Å². The number of ether oxygens (including phenoxy) is 2. The van der Waals surface area contributed by atoms with Crippen molar-refractivity contribution in [2.24, 2.45) is 0 Å². The molecule has 1 aromatic rings. The Morgan fingerprint density at radius 2 is 1.79 bits per heavy atom. The summed E-state index contributed by atoms with van der Waals surface area (Å²) in [5, 5.41) is 0.833. The molecule has 0 unspecified atom stereocenters. The van der Waals surface area contributed by atoms with Gasteiger partial charge in [-0.15, -0.1) is 0 Å². The summed E-state index contributed by atoms with van der Waals surface area (Å²) in [5.41, 5.74) is 0. The molecule has 0 saturated heterocycles. The fourth-order valence-corrected chi connectivity index (χ4v) is 1.98. The van der Waals surface area contributed by atoms with E-state index in [9.17, 15) is 0 Å². The van der Waals surface area contributed by atoms with Crippen LogP contribution in [0.2, 0.25) is 10.0 Å². The summed E-state index contributed by atoms with van der Waals surface area (Å²) < 4.78 is 11.1. The topological polar surface area (TPSA) is 18.5 Å². The zero-order valence-electron chi connectivity index (χ0n) is 10.4. The van der Waals surface area contributed by atoms with Gasteiger partial charge >= 0.3 is 0 Å². The molecule has 1 aromatic carbocycles. The van der Waals surface area contributed by atoms with E-state index in [1.54, 1.807) is 12.1 Å². The molecule has 0 N–H and O–H groups in total. The summed E-state index contributed by atoms with van der Waals surface area (Å²) in [6.07, 6.45) is 3.52. The van der Waals surface area contributed by atoms with Crippen LogP contribution in [0.25, 0.3) is 0 Å². The van der Waals surface area contributed by atoms with Crippen LogP contribution in [-0.2, 0) is 0 Å². The van der Waals surface area contributed by atoms with Crippen LogP contribution in [0, 0.1) is 0 Å². The Morgan fingerprint density at radius 3 is 2.32 bits per heavy atom. The van der Waals surface area contributed by atoms with Crippen LogP contribution < -0.4 is 9.47 Å². The molecule has 0 aliphatic heterocycles. The number of halogens is 4. The van der Waals surface area contributed by atoms with Gasteiger partial charge in [-0.05, 0) is 12.5 Å². The van der Waals surface area contributed by atoms with Gasteiger partial charge in [0.05, 0.1) is 16.7 Å². The van der Waals surface area contributed by atoms with E-state index in [-0.39, 0.29) is 11.1 Å². The Balaban J connectivity index is 2.70. The first-order chi connectivity index (χ1) is 9.04. The Labute approximate surface area is 133 Å². The molecule has 0 aliphatic carbocycles. The smallest absolute Gasteiger partial charge is 0.156 e. The van der Waals surface area contributed by atoms with Crippen LogP contribution in [0.1, 0.15) is 19.8 Å². The van der Waals surface area contributed by atoms with E-state index in [4.69, 9.17) is 55.9 Å². The standard InChI is InChI=1S/C13H14Cl4O2/c1-2-3-5-19-13-10(14)7-9(8-11(13)15)18-6-4-12(16)17/h4,7-8H,2-3,5-6H2,1H3. The van der Waals surface area contributed by atoms with Gasteiger partial charge in [0, 0.05) is 12.1 Å². The molecular formula is C13H14Cl4O2. The molecule has 0 saturated carbocycles. The molecule has 0 heterocycles. The van der Waals surface area contributed by atoms with Crippen molar-refractivity contribution in [1.29, 1.82) is 0 Å². The van der Waals surface area contributed by atoms with Crippen molar-refractivity contribution in [2.75, 3.05) is 13.2 Å². The third kappa shape index (κ3) is 6.13. The van der Waals surface area contributed by atoms with Gasteiger partial charge in [0.1, 0.15) is 16.8 Å². The van der Waals surface area contributed by atoms with Gasteiger partial charge in [0.2, 0.25) is 0 Å². The molecule has 0 aliphatic rings. The number of hydrogen-bond acceptors (Lipinski definition) is 2. The molecular weight excluding hydrogens is 330 g/mol. The van der Waals surface area contributed by atoms with Crippen molar-refractivity contribution >= 4 is 46.4 Å². The third-order valence-corrected chi connectivity index (χ3v) is 3.07. The van der Waals surface area contributed by atoms with E-state index in [1.165, 1.54) is 6.08 Å². The minimum absolute atomic E-state index is 0.150. The predicted octanol–water partition coefficient (Wildman–Crippen LogP) is 5.87. The van der Waals surface area contributed by atoms with Crippen molar-refractivity contribution < 1.29 is 9.47 Å². The average molecular weight is 344 g/mol. The Hall–Kier alpha value is -0.280. The fourth-order valence-electron chi connectivity index (χ4n) is 1.28. The normalized spacial score (nSPS) is 10.2. The van der Waals surface area contributed by atoms with Gasteiger partial charge in [-0.25, -0.2) is 0 Å². The maximum absolute atomic E-state index is 6.10. The van der Waals surface area contributed by atoms with Crippen LogP contribution >= 0.6 is 46.4 Å². The van der Waals surface area contributed by atoms with E-state index in [2.05, 4.69) is 6.92 Å². The average Bonchev–Trinajstić information content (AvgIpc) is 2.32. The minimum atomic E-state index is 0.150. The molecule has 0 aromatic heterocycles. The van der Waals surface area contributed by atoms with E-state index < -0.39 is 0 Å². The van der Waals surface area contributed by atoms with Crippen LogP contribution in [0.15, 0.2) is 22.7 Å². The largest absolute Gasteiger partial charge is 0.490 e. The molecule has 106 valence electrons. The monoisotopic (exact) mass is 342 g/mol. The minimum Gasteiger partial charge on any atom is -0.490 e. The first kappa shape index (κ1) is 16.8. The fraction of sp³-hybridized carbons (Fsp3) is 0.385. The summed E-state index contributed by atoms with van der Waals surface area (Å²) in [7, 11) is 0. The zero-order chi connectivity index (χ0) is 14.3. The molecule has 2 nitrogen and oxygen atoms in total. The lowest BCUT2D eigenvalue weighted by Gasteiger charge is -2.11. The first-order valence-electron chi connectivity index (χ1n) is 5.80. The SMILES string of the molecule is CCCCOc1c(Cl)cc(OCC=C(Cl)Cl)cc1Cl. The lowest BCUT2D eigenvalue weighted by atomic mass is 10.3. The van der Waals surface area contributed by atoms with Gasteiger partial charge in [0.15, 0.2) is 5.75 Å². The van der Waals surface area contributed by atoms with Crippen LogP contribution in [0.5, 0.6) is 11.5 Å². The summed E-state index contributed by atoms with van der Waals surface area (Å²) in [6, 6.07) is 3.29. The van der Waals surface area contributed by atoms with Crippen molar-refractivity contribution in [1.82, 2.24) is 0 Å². The molecule has 1 rings (SSSR count). The third-order valence-electron chi connectivity index (χ3n) is 2.20. The second kappa shape index (κ2) is 8.80. The lowest BCUT2D eigenvalue weighted by molar-refractivity contribution is 0.308. The van der Waals surface area contributed by atoms with E-state index in [0.717, 1.165) is 12.8 Å². The maximum atomic E-state index is 6.10. The van der Waals surface area contributed by atoms with E-state index >= 15 is 0 Å². The highest BCUT2D eigenvalue weighted by atomic mass is 35.5. The molecule has 0 radical (unpaired) electrons. The van der Waals surface area contributed by atoms with Crippen LogP contribution in [-0.4, -0.2) is 13.2 Å². The molecule has 6 heteroatoms. The van der Waals surface area contributed by atoms with E-state index in [0.29, 0.717) is 28.2 Å². The number of unbranched alkanes of at least 4 members (excludes halogenated alkanes) is 1. The summed E-state index contributed by atoms with van der Waals surface area (Å²) in [5.74, 6) is 1.01. The second-order valence-electron chi connectivity index (χ2n) is 3.72. The molecule has 0 fully saturated rings. The number of benzene rings is 1. The Morgan fingerprint density at radius 1 is 1.16 bits per heavy atom. The summed E-state index contributed by atoms with van der Waals surface area (Å²) in [6.45, 7) is 2.91. The highest BCUT2D eigenvalue weighted by molar-refractivity contribution is 6.55. The summed E-state index contributed by atoms with van der Waals surface area (Å²) >= 11 is 23.2. The second-order valence-corrected chi connectivity index (χ2v) is 5.55. The van der Waals surface area contributed by atoms with Crippen molar-refractivity contribution in [3.63, 3.8) is 0 Å². The molecule has 0 atom stereocenters. The van der Waals surface area contributed by atoms with Crippen molar-refractivity contribution in [3.8, 4) is 11.5 Å². The molecule has 19 heavy (non-hydrogen) atoms. The number of rotatable bonds is 7. The van der Waals surface area contributed by atoms with Crippen LogP contribution in [0.4, 0.5) is 0 Å². The van der Waals surface area contributed by atoms with Gasteiger partial charge in [-0.2, -0.15) is 0 Å². The highest BCUT2D eigenvalue weighted by Crippen LogP contribution is 2.37.